The molecule has 0 amide bonds. The molecule has 0 radical (unpaired) electrons. The van der Waals surface area contributed by atoms with Crippen molar-refractivity contribution in [1.29, 1.82) is 0 Å². The molecular weight excluding hydrogens is 709 g/mol. The second-order valence-corrected chi connectivity index (χ2v) is 14.7. The Bertz CT molecular complexity index is 3870. The fraction of sp³-hybridized carbons (Fsp3) is 0.0943. The van der Waals surface area contributed by atoms with Gasteiger partial charge in [-0.15, -0.1) is 0 Å². The number of fused-ring (bicyclic) bond motifs is 4. The summed E-state index contributed by atoms with van der Waals surface area (Å²) >= 11 is 0. The van der Waals surface area contributed by atoms with Gasteiger partial charge in [-0.1, -0.05) is 148 Å². The van der Waals surface area contributed by atoms with E-state index in [-0.39, 0.29) is 22.0 Å². The molecule has 0 saturated heterocycles. The second-order valence-electron chi connectivity index (χ2n) is 14.7. The number of aryl methyl sites for hydroxylation is 1. The van der Waals surface area contributed by atoms with Gasteiger partial charge in [-0.2, -0.15) is 0 Å². The summed E-state index contributed by atoms with van der Waals surface area (Å²) in [6.07, 6.45) is 4.74. The van der Waals surface area contributed by atoms with Gasteiger partial charge in [-0.25, -0.2) is 4.98 Å². The Labute approximate surface area is 361 Å². The largest absolute Gasteiger partial charge is 0.458 e. The highest BCUT2D eigenvalue weighted by Gasteiger charge is 2.21. The Balaban J connectivity index is 1.21. The molecule has 7 aromatic carbocycles. The van der Waals surface area contributed by atoms with Crippen molar-refractivity contribution in [2.24, 2.45) is 6.98 Å². The van der Waals surface area contributed by atoms with Crippen molar-refractivity contribution < 1.29 is 31.2 Å². The Morgan fingerprint density at radius 2 is 1.33 bits per heavy atom. The molecule has 5 nitrogen and oxygen atoms in total. The quantitative estimate of drug-likeness (QED) is 0.120. The first-order chi connectivity index (χ1) is 34.9. The van der Waals surface area contributed by atoms with Crippen LogP contribution in [0.5, 0.6) is 11.5 Å². The van der Waals surface area contributed by atoms with Gasteiger partial charge in [0.1, 0.15) is 17.3 Å². The van der Waals surface area contributed by atoms with Crippen LogP contribution in [-0.2, 0) is 12.4 Å². The fourth-order valence-electron chi connectivity index (χ4n) is 7.44. The highest BCUT2D eigenvalue weighted by Crippen LogP contribution is 2.43. The maximum atomic E-state index is 9.35. The maximum absolute atomic E-state index is 9.35. The molecule has 0 N–H and O–H groups in total. The number of pyridine rings is 1. The summed E-state index contributed by atoms with van der Waals surface area (Å²) in [7, 11) is 0. The zero-order valence-electron chi connectivity index (χ0n) is 47.5. The van der Waals surface area contributed by atoms with Crippen molar-refractivity contribution in [2.45, 2.75) is 26.2 Å². The first-order valence-electron chi connectivity index (χ1n) is 26.5. The number of rotatable bonds is 7. The summed E-state index contributed by atoms with van der Waals surface area (Å²) in [6.45, 7) is 3.39. The third-order valence-electron chi connectivity index (χ3n) is 10.1. The van der Waals surface area contributed by atoms with E-state index in [1.807, 2.05) is 42.5 Å². The van der Waals surface area contributed by atoms with Crippen molar-refractivity contribution in [3.05, 3.63) is 194 Å². The van der Waals surface area contributed by atoms with E-state index in [0.29, 0.717) is 17.2 Å². The van der Waals surface area contributed by atoms with E-state index in [4.69, 9.17) is 28.9 Å². The zero-order chi connectivity index (χ0) is 53.2. The van der Waals surface area contributed by atoms with Crippen molar-refractivity contribution in [2.75, 3.05) is 0 Å². The minimum atomic E-state index is -3.03. The molecule has 0 aliphatic carbocycles. The SMILES string of the molecule is [2H]c1c([2H])c([2H])c(-c2c([2H])c([2H])c([2H])c(-c3c([2H])c([2H])c([2H])c([2H])c3[2H])c2-c2cccc3c2[n+](C([2H])([2H])[2H])[c-]n3-c2cccc(Oc3ccc4c5ccccc5n(-c5cc(C(C)(C)C)ccn5)c4c3)c2)c([2H])c1[2H]. The van der Waals surface area contributed by atoms with Crippen molar-refractivity contribution in [1.82, 2.24) is 14.1 Å². The van der Waals surface area contributed by atoms with Crippen molar-refractivity contribution in [3.8, 4) is 56.4 Å². The van der Waals surface area contributed by atoms with E-state index < -0.39 is 113 Å². The number of aromatic nitrogens is 4. The highest BCUT2D eigenvalue weighted by molar-refractivity contribution is 6.09. The summed E-state index contributed by atoms with van der Waals surface area (Å²) in [5.41, 5.74) is 0.289. The third-order valence-corrected chi connectivity index (χ3v) is 10.1. The number of hydrogen-bond donors (Lipinski definition) is 0. The summed E-state index contributed by atoms with van der Waals surface area (Å²) < 4.78 is 152. The number of benzene rings is 7. The lowest BCUT2D eigenvalue weighted by atomic mass is 9.87. The topological polar surface area (TPSA) is 35.9 Å². The molecule has 0 unspecified atom stereocenters. The van der Waals surface area contributed by atoms with Crippen LogP contribution < -0.4 is 9.30 Å². The molecule has 0 atom stereocenters. The average molecular weight is 767 g/mol. The van der Waals surface area contributed by atoms with Crippen LogP contribution in [0.2, 0.25) is 0 Å². The summed E-state index contributed by atoms with van der Waals surface area (Å²) in [5, 5.41) is 1.99. The van der Waals surface area contributed by atoms with E-state index in [1.54, 1.807) is 36.5 Å². The van der Waals surface area contributed by atoms with Crippen LogP contribution in [0.25, 0.3) is 77.7 Å². The van der Waals surface area contributed by atoms with Crippen molar-refractivity contribution >= 4 is 32.8 Å². The first-order valence-corrected chi connectivity index (χ1v) is 18.5. The molecule has 0 saturated carbocycles. The molecule has 0 spiro atoms. The third kappa shape index (κ3) is 6.12. The summed E-state index contributed by atoms with van der Waals surface area (Å²) in [4.78, 5) is 4.78. The molecule has 3 aromatic heterocycles. The molecule has 58 heavy (non-hydrogen) atoms. The van der Waals surface area contributed by atoms with Crippen LogP contribution in [0.4, 0.5) is 0 Å². The summed E-state index contributed by atoms with van der Waals surface area (Å²) in [5.74, 6) is 1.55. The minimum absolute atomic E-state index is 0.137. The average Bonchev–Trinajstić information content (AvgIpc) is 3.94. The van der Waals surface area contributed by atoms with Gasteiger partial charge in [0.25, 0.3) is 0 Å². The van der Waals surface area contributed by atoms with E-state index in [1.165, 1.54) is 16.7 Å². The molecule has 280 valence electrons. The van der Waals surface area contributed by atoms with Crippen molar-refractivity contribution in [3.63, 3.8) is 0 Å². The van der Waals surface area contributed by atoms with Crippen LogP contribution in [0.15, 0.2) is 182 Å². The van der Waals surface area contributed by atoms with Gasteiger partial charge in [0.15, 0.2) is 0 Å². The monoisotopic (exact) mass is 766 g/mol. The van der Waals surface area contributed by atoms with Gasteiger partial charge in [0.05, 0.1) is 56.7 Å². The van der Waals surface area contributed by atoms with Crippen LogP contribution in [0, 0.1) is 6.33 Å². The lowest BCUT2D eigenvalue weighted by molar-refractivity contribution is -0.649. The standard InChI is InChI=1S/C53H42N4O/c1-53(2,3)38-30-31-54-50(32-38)57-47-26-12-11-22-44(47)45-29-28-41(34-49(45)57)58-40-21-13-20-39(33-40)56-35-55(4)52-46(25-15-27-48(52)56)51-42(36-16-7-5-8-17-36)23-14-24-43(51)37-18-9-6-10-19-37/h5-34H,1-4H3/i4D3,5D,6D,7D,8D,9D,10D,14D,16D,17D,18D,19D,23D,24D. The first kappa shape index (κ1) is 21.9. The highest BCUT2D eigenvalue weighted by atomic mass is 16.5. The van der Waals surface area contributed by atoms with E-state index >= 15 is 0 Å². The molecule has 0 fully saturated rings. The normalized spacial score (nSPS) is 15.9. The van der Waals surface area contributed by atoms with Gasteiger partial charge in [0, 0.05) is 23.0 Å². The van der Waals surface area contributed by atoms with Gasteiger partial charge in [0.2, 0.25) is 6.33 Å². The van der Waals surface area contributed by atoms with Gasteiger partial charge < -0.3 is 13.9 Å². The van der Waals surface area contributed by atoms with E-state index in [2.05, 4.69) is 43.8 Å². The smallest absolute Gasteiger partial charge is 0.244 e. The van der Waals surface area contributed by atoms with E-state index in [0.717, 1.165) is 37.8 Å². The van der Waals surface area contributed by atoms with Crippen LogP contribution >= 0.6 is 0 Å². The lowest BCUT2D eigenvalue weighted by Crippen LogP contribution is -2.26. The molecule has 0 aliphatic heterocycles. The number of hydrogen-bond acceptors (Lipinski definition) is 2. The van der Waals surface area contributed by atoms with Gasteiger partial charge in [-0.3, -0.25) is 4.57 Å². The lowest BCUT2D eigenvalue weighted by Gasteiger charge is -2.20. The Morgan fingerprint density at radius 3 is 2.07 bits per heavy atom. The van der Waals surface area contributed by atoms with Crippen LogP contribution in [0.3, 0.4) is 0 Å². The van der Waals surface area contributed by atoms with Gasteiger partial charge >= 0.3 is 0 Å². The fourth-order valence-corrected chi connectivity index (χ4v) is 7.44. The maximum Gasteiger partial charge on any atom is 0.244 e. The molecule has 10 rings (SSSR count). The second kappa shape index (κ2) is 14.1. The minimum Gasteiger partial charge on any atom is -0.458 e. The molecule has 3 heterocycles. The summed E-state index contributed by atoms with van der Waals surface area (Å²) in [6, 6.07) is 18.6. The Hall–Kier alpha value is -7.24. The van der Waals surface area contributed by atoms with Gasteiger partial charge in [-0.05, 0) is 86.8 Å². The molecule has 0 bridgehead atoms. The van der Waals surface area contributed by atoms with Crippen LogP contribution in [-0.4, -0.2) is 14.1 Å². The number of nitrogens with zero attached hydrogens (tertiary/aromatic N) is 4. The molecule has 10 aromatic rings. The zero-order valence-corrected chi connectivity index (χ0v) is 31.5. The van der Waals surface area contributed by atoms with Crippen LogP contribution in [0.1, 0.15) is 48.3 Å². The van der Waals surface area contributed by atoms with E-state index in [9.17, 15) is 2.74 Å². The Morgan fingerprint density at radius 1 is 0.638 bits per heavy atom. The number of ether oxygens (including phenoxy) is 1. The molecule has 5 heteroatoms. The predicted octanol–water partition coefficient (Wildman–Crippen LogP) is 12.8. The number of imidazole rings is 1. The molecule has 0 aliphatic rings. The number of para-hydroxylation sites is 2. The molecular formula is C53H42N4O. The Kier molecular flexibility index (Phi) is 5.30. The predicted molar refractivity (Wildman–Crippen MR) is 237 cm³/mol.